The van der Waals surface area contributed by atoms with Crippen LogP contribution in [0.3, 0.4) is 0 Å². The predicted octanol–water partition coefficient (Wildman–Crippen LogP) is 0.381. The molecule has 1 aromatic rings. The number of hydrogen-bond acceptors (Lipinski definition) is 3. The van der Waals surface area contributed by atoms with Gasteiger partial charge in [0, 0.05) is 24.7 Å². The number of benzene rings is 1. The molecule has 1 fully saturated rings. The molecule has 0 saturated carbocycles. The van der Waals surface area contributed by atoms with Crippen molar-refractivity contribution in [2.45, 2.75) is 18.9 Å². The average molecular weight is 286 g/mol. The molecule has 1 aliphatic rings. The minimum absolute atomic E-state index is 0.128. The quantitative estimate of drug-likeness (QED) is 0.772. The number of nitrogens with zero attached hydrogens (tertiary/aromatic N) is 1. The van der Waals surface area contributed by atoms with Gasteiger partial charge < -0.3 is 15.3 Å². The van der Waals surface area contributed by atoms with E-state index >= 15 is 0 Å². The van der Waals surface area contributed by atoms with Crippen LogP contribution in [0.5, 0.6) is 0 Å². The van der Waals surface area contributed by atoms with Crippen molar-refractivity contribution in [1.29, 1.82) is 0 Å². The molecule has 2 rings (SSSR count). The largest absolute Gasteiger partial charge is 0.384 e. The number of aliphatic hydroxyl groups is 1. The zero-order valence-electron chi connectivity index (χ0n) is 11.9. The molecule has 0 spiro atoms. The maximum absolute atomic E-state index is 12.6. The van der Waals surface area contributed by atoms with Crippen LogP contribution >= 0.6 is 0 Å². The number of carbonyl (C=O) groups is 2. The second kappa shape index (κ2) is 6.91. The zero-order chi connectivity index (χ0) is 15.2. The van der Waals surface area contributed by atoms with Crippen molar-refractivity contribution in [3.8, 4) is 11.8 Å². The molecule has 1 atom stereocenters. The summed E-state index contributed by atoms with van der Waals surface area (Å²) in [5.74, 6) is 5.04. The second-order valence-corrected chi connectivity index (χ2v) is 4.81. The van der Waals surface area contributed by atoms with Crippen LogP contribution in [0.1, 0.15) is 28.8 Å². The van der Waals surface area contributed by atoms with Gasteiger partial charge in [0.1, 0.15) is 12.6 Å². The van der Waals surface area contributed by atoms with E-state index < -0.39 is 6.04 Å². The van der Waals surface area contributed by atoms with Gasteiger partial charge in [0.15, 0.2) is 0 Å². The number of hydrogen-bond donors (Lipinski definition) is 2. The summed E-state index contributed by atoms with van der Waals surface area (Å²) in [5, 5.41) is 11.3. The van der Waals surface area contributed by atoms with Crippen molar-refractivity contribution in [2.24, 2.45) is 0 Å². The molecule has 2 N–H and O–H groups in total. The minimum Gasteiger partial charge on any atom is -0.384 e. The van der Waals surface area contributed by atoms with Crippen molar-refractivity contribution in [2.75, 3.05) is 20.2 Å². The Morgan fingerprint density at radius 1 is 1.48 bits per heavy atom. The number of nitrogens with one attached hydrogen (secondary N) is 1. The Labute approximate surface area is 124 Å². The van der Waals surface area contributed by atoms with Gasteiger partial charge in [0.2, 0.25) is 5.91 Å². The van der Waals surface area contributed by atoms with E-state index in [0.29, 0.717) is 24.1 Å². The molecule has 5 heteroatoms. The third-order valence-electron chi connectivity index (χ3n) is 3.48. The third kappa shape index (κ3) is 3.41. The van der Waals surface area contributed by atoms with Gasteiger partial charge >= 0.3 is 0 Å². The summed E-state index contributed by atoms with van der Waals surface area (Å²) < 4.78 is 0. The van der Waals surface area contributed by atoms with Gasteiger partial charge in [-0.25, -0.2) is 0 Å². The van der Waals surface area contributed by atoms with Gasteiger partial charge in [-0.2, -0.15) is 0 Å². The Bertz CT molecular complexity index is 601. The SMILES string of the molecule is CNC(=O)C1CCCN1C(=O)c1cccc(C#CCO)c1. The van der Waals surface area contributed by atoms with Crippen LogP contribution < -0.4 is 5.32 Å². The standard InChI is InChI=1S/C16H18N2O3/c1-17-15(20)14-8-3-9-18(14)16(21)13-7-2-5-12(11-13)6-4-10-19/h2,5,7,11,14,19H,3,8-10H2,1H3,(H,17,20). The van der Waals surface area contributed by atoms with E-state index in [-0.39, 0.29) is 18.4 Å². The van der Waals surface area contributed by atoms with Gasteiger partial charge in [0.25, 0.3) is 5.91 Å². The lowest BCUT2D eigenvalue weighted by atomic mass is 10.1. The molecule has 1 unspecified atom stereocenters. The molecule has 1 heterocycles. The van der Waals surface area contributed by atoms with Crippen molar-refractivity contribution in [3.05, 3.63) is 35.4 Å². The van der Waals surface area contributed by atoms with E-state index in [9.17, 15) is 9.59 Å². The fourth-order valence-corrected chi connectivity index (χ4v) is 2.49. The van der Waals surface area contributed by atoms with E-state index in [1.807, 2.05) is 0 Å². The Morgan fingerprint density at radius 3 is 3.00 bits per heavy atom. The lowest BCUT2D eigenvalue weighted by molar-refractivity contribution is -0.124. The van der Waals surface area contributed by atoms with E-state index in [4.69, 9.17) is 5.11 Å². The summed E-state index contributed by atoms with van der Waals surface area (Å²) in [6, 6.07) is 6.53. The molecule has 1 saturated heterocycles. The van der Waals surface area contributed by atoms with Gasteiger partial charge in [-0.1, -0.05) is 17.9 Å². The van der Waals surface area contributed by atoms with Crippen LogP contribution in [0.4, 0.5) is 0 Å². The summed E-state index contributed by atoms with van der Waals surface area (Å²) in [5.41, 5.74) is 1.18. The minimum atomic E-state index is -0.394. The number of aliphatic hydroxyl groups excluding tert-OH is 1. The molecule has 0 aromatic heterocycles. The fourth-order valence-electron chi connectivity index (χ4n) is 2.49. The molecule has 110 valence electrons. The summed E-state index contributed by atoms with van der Waals surface area (Å²) in [4.78, 5) is 26.0. The molecule has 2 amide bonds. The predicted molar refractivity (Wildman–Crippen MR) is 78.5 cm³/mol. The van der Waals surface area contributed by atoms with Gasteiger partial charge in [-0.05, 0) is 31.0 Å². The maximum Gasteiger partial charge on any atom is 0.254 e. The Balaban J connectivity index is 2.21. The lowest BCUT2D eigenvalue weighted by Crippen LogP contribution is -2.44. The Hall–Kier alpha value is -2.32. The van der Waals surface area contributed by atoms with E-state index in [2.05, 4.69) is 17.2 Å². The summed E-state index contributed by atoms with van der Waals surface area (Å²) in [6.45, 7) is 0.368. The van der Waals surface area contributed by atoms with Crippen LogP contribution in [0.25, 0.3) is 0 Å². The maximum atomic E-state index is 12.6. The molecule has 0 bridgehead atoms. The third-order valence-corrected chi connectivity index (χ3v) is 3.48. The van der Waals surface area contributed by atoms with Crippen molar-refractivity contribution >= 4 is 11.8 Å². The molecule has 21 heavy (non-hydrogen) atoms. The van der Waals surface area contributed by atoms with Crippen LogP contribution in [-0.2, 0) is 4.79 Å². The van der Waals surface area contributed by atoms with E-state index in [1.165, 1.54) is 0 Å². The first-order valence-corrected chi connectivity index (χ1v) is 6.89. The number of likely N-dealkylation sites (tertiary alicyclic amines) is 1. The van der Waals surface area contributed by atoms with Crippen LogP contribution in [0.2, 0.25) is 0 Å². The van der Waals surface area contributed by atoms with Crippen LogP contribution in [0, 0.1) is 11.8 Å². The van der Waals surface area contributed by atoms with E-state index in [1.54, 1.807) is 36.2 Å². The van der Waals surface area contributed by atoms with Gasteiger partial charge in [-0.3, -0.25) is 9.59 Å². The Morgan fingerprint density at radius 2 is 2.29 bits per heavy atom. The zero-order valence-corrected chi connectivity index (χ0v) is 11.9. The van der Waals surface area contributed by atoms with Crippen molar-refractivity contribution in [3.63, 3.8) is 0 Å². The van der Waals surface area contributed by atoms with Crippen molar-refractivity contribution < 1.29 is 14.7 Å². The highest BCUT2D eigenvalue weighted by molar-refractivity contribution is 5.98. The fraction of sp³-hybridized carbons (Fsp3) is 0.375. The highest BCUT2D eigenvalue weighted by atomic mass is 16.2. The number of carbonyl (C=O) groups excluding carboxylic acids is 2. The topological polar surface area (TPSA) is 69.6 Å². The van der Waals surface area contributed by atoms with Crippen LogP contribution in [0.15, 0.2) is 24.3 Å². The first kappa shape index (κ1) is 15.1. The molecular formula is C16H18N2O3. The van der Waals surface area contributed by atoms with E-state index in [0.717, 1.165) is 6.42 Å². The summed E-state index contributed by atoms with van der Waals surface area (Å²) in [7, 11) is 1.58. The first-order chi connectivity index (χ1) is 10.2. The molecule has 1 aromatic carbocycles. The molecule has 1 aliphatic heterocycles. The van der Waals surface area contributed by atoms with Gasteiger partial charge in [-0.15, -0.1) is 0 Å². The smallest absolute Gasteiger partial charge is 0.254 e. The lowest BCUT2D eigenvalue weighted by Gasteiger charge is -2.23. The number of amides is 2. The highest BCUT2D eigenvalue weighted by Gasteiger charge is 2.33. The normalized spacial score (nSPS) is 17.0. The second-order valence-electron chi connectivity index (χ2n) is 4.81. The van der Waals surface area contributed by atoms with Crippen LogP contribution in [-0.4, -0.2) is 48.1 Å². The molecule has 0 radical (unpaired) electrons. The Kier molecular flexibility index (Phi) is 4.96. The van der Waals surface area contributed by atoms with Gasteiger partial charge in [0.05, 0.1) is 0 Å². The number of rotatable bonds is 2. The number of likely N-dealkylation sites (N-methyl/N-ethyl adjacent to an activating group) is 1. The molecule has 5 nitrogen and oxygen atoms in total. The molecular weight excluding hydrogens is 268 g/mol. The molecule has 0 aliphatic carbocycles. The first-order valence-electron chi connectivity index (χ1n) is 6.89. The van der Waals surface area contributed by atoms with Crippen molar-refractivity contribution in [1.82, 2.24) is 10.2 Å². The monoisotopic (exact) mass is 286 g/mol. The summed E-state index contributed by atoms with van der Waals surface area (Å²) in [6.07, 6.45) is 1.52. The average Bonchev–Trinajstić information content (AvgIpc) is 3.01. The summed E-state index contributed by atoms with van der Waals surface area (Å²) >= 11 is 0. The highest BCUT2D eigenvalue weighted by Crippen LogP contribution is 2.20.